The molecule has 25 heavy (non-hydrogen) atoms. The number of anilines is 1. The van der Waals surface area contributed by atoms with E-state index in [-0.39, 0.29) is 18.1 Å². The van der Waals surface area contributed by atoms with Crippen LogP contribution in [0, 0.1) is 0 Å². The molecule has 1 saturated carbocycles. The molecule has 0 radical (unpaired) electrons. The standard InChI is InChI=1S/C18H27N5O2/c24-16-5-3-4-15(16)21-10-12-23(13-11-21)18(25)14-6-7-17(20-19-14)22-8-1-2-9-22/h6-7,15-16,24H,1-5,8-13H2/t15-,16-/m0/s1. The summed E-state index contributed by atoms with van der Waals surface area (Å²) in [4.78, 5) is 19.1. The first-order valence-electron chi connectivity index (χ1n) is 9.52. The SMILES string of the molecule is O=C(c1ccc(N2CCCC2)nn1)N1CCN([C@H]2CCC[C@@H]2O)CC1. The Labute approximate surface area is 148 Å². The van der Waals surface area contributed by atoms with Gasteiger partial charge < -0.3 is 14.9 Å². The van der Waals surface area contributed by atoms with Crippen LogP contribution in [0.4, 0.5) is 5.82 Å². The van der Waals surface area contributed by atoms with Gasteiger partial charge in [-0.15, -0.1) is 10.2 Å². The smallest absolute Gasteiger partial charge is 0.274 e. The number of aliphatic hydroxyl groups is 1. The van der Waals surface area contributed by atoms with Crippen LogP contribution in [0.2, 0.25) is 0 Å². The van der Waals surface area contributed by atoms with Gasteiger partial charge in [-0.2, -0.15) is 0 Å². The third-order valence-corrected chi connectivity index (χ3v) is 5.81. The van der Waals surface area contributed by atoms with Crippen molar-refractivity contribution in [3.63, 3.8) is 0 Å². The minimum atomic E-state index is -0.203. The lowest BCUT2D eigenvalue weighted by molar-refractivity contribution is 0.0312. The van der Waals surface area contributed by atoms with Crippen molar-refractivity contribution in [2.24, 2.45) is 0 Å². The van der Waals surface area contributed by atoms with Crippen LogP contribution in [0.5, 0.6) is 0 Å². The second-order valence-electron chi connectivity index (χ2n) is 7.36. The number of aliphatic hydroxyl groups excluding tert-OH is 1. The topological polar surface area (TPSA) is 72.8 Å². The Morgan fingerprint density at radius 3 is 2.32 bits per heavy atom. The van der Waals surface area contributed by atoms with Crippen LogP contribution >= 0.6 is 0 Å². The van der Waals surface area contributed by atoms with Crippen LogP contribution in [-0.4, -0.2) is 82.4 Å². The van der Waals surface area contributed by atoms with E-state index < -0.39 is 0 Å². The monoisotopic (exact) mass is 345 g/mol. The fourth-order valence-corrected chi connectivity index (χ4v) is 4.32. The number of hydrogen-bond donors (Lipinski definition) is 1. The summed E-state index contributed by atoms with van der Waals surface area (Å²) in [6.45, 7) is 5.09. The van der Waals surface area contributed by atoms with E-state index >= 15 is 0 Å². The summed E-state index contributed by atoms with van der Waals surface area (Å²) < 4.78 is 0. The van der Waals surface area contributed by atoms with Crippen molar-refractivity contribution in [1.29, 1.82) is 0 Å². The van der Waals surface area contributed by atoms with Gasteiger partial charge in [0.15, 0.2) is 11.5 Å². The van der Waals surface area contributed by atoms with Crippen molar-refractivity contribution >= 4 is 11.7 Å². The highest BCUT2D eigenvalue weighted by Gasteiger charge is 2.33. The number of nitrogens with zero attached hydrogens (tertiary/aromatic N) is 5. The van der Waals surface area contributed by atoms with Crippen molar-refractivity contribution in [3.05, 3.63) is 17.8 Å². The molecular weight excluding hydrogens is 318 g/mol. The van der Waals surface area contributed by atoms with Crippen LogP contribution in [0.25, 0.3) is 0 Å². The average Bonchev–Trinajstić information content (AvgIpc) is 3.33. The van der Waals surface area contributed by atoms with Gasteiger partial charge in [0, 0.05) is 45.3 Å². The lowest BCUT2D eigenvalue weighted by Crippen LogP contribution is -2.53. The fraction of sp³-hybridized carbons (Fsp3) is 0.722. The first kappa shape index (κ1) is 16.7. The van der Waals surface area contributed by atoms with Gasteiger partial charge in [0.05, 0.1) is 6.10 Å². The van der Waals surface area contributed by atoms with Gasteiger partial charge >= 0.3 is 0 Å². The average molecular weight is 345 g/mol. The molecule has 0 aromatic carbocycles. The molecule has 1 amide bonds. The molecule has 7 heteroatoms. The lowest BCUT2D eigenvalue weighted by Gasteiger charge is -2.38. The Kier molecular flexibility index (Phi) is 4.85. The molecule has 7 nitrogen and oxygen atoms in total. The Morgan fingerprint density at radius 2 is 1.72 bits per heavy atom. The summed E-state index contributed by atoms with van der Waals surface area (Å²) in [5.41, 5.74) is 0.428. The van der Waals surface area contributed by atoms with Crippen LogP contribution in [-0.2, 0) is 0 Å². The molecule has 3 fully saturated rings. The van der Waals surface area contributed by atoms with E-state index in [9.17, 15) is 9.90 Å². The normalized spacial score (nSPS) is 27.9. The number of rotatable bonds is 3. The van der Waals surface area contributed by atoms with E-state index in [1.54, 1.807) is 6.07 Å². The largest absolute Gasteiger partial charge is 0.391 e. The summed E-state index contributed by atoms with van der Waals surface area (Å²) in [6.07, 6.45) is 5.27. The minimum absolute atomic E-state index is 0.0351. The molecule has 1 N–H and O–H groups in total. The van der Waals surface area contributed by atoms with E-state index in [1.165, 1.54) is 12.8 Å². The van der Waals surface area contributed by atoms with E-state index in [4.69, 9.17) is 0 Å². The summed E-state index contributed by atoms with van der Waals surface area (Å²) >= 11 is 0. The Hall–Kier alpha value is -1.73. The van der Waals surface area contributed by atoms with Gasteiger partial charge in [-0.3, -0.25) is 9.69 Å². The zero-order valence-electron chi connectivity index (χ0n) is 14.7. The molecule has 2 atom stereocenters. The maximum Gasteiger partial charge on any atom is 0.274 e. The van der Waals surface area contributed by atoms with Crippen LogP contribution in [0.3, 0.4) is 0 Å². The number of amides is 1. The molecule has 0 spiro atoms. The maximum atomic E-state index is 12.7. The number of aromatic nitrogens is 2. The second-order valence-corrected chi connectivity index (χ2v) is 7.36. The highest BCUT2D eigenvalue weighted by atomic mass is 16.3. The van der Waals surface area contributed by atoms with Gasteiger partial charge in [0.2, 0.25) is 0 Å². The molecule has 136 valence electrons. The molecule has 2 saturated heterocycles. The van der Waals surface area contributed by atoms with E-state index in [2.05, 4.69) is 20.0 Å². The van der Waals surface area contributed by atoms with Gasteiger partial charge in [-0.05, 0) is 44.2 Å². The maximum absolute atomic E-state index is 12.7. The summed E-state index contributed by atoms with van der Waals surface area (Å²) in [5, 5.41) is 18.5. The highest BCUT2D eigenvalue weighted by molar-refractivity contribution is 5.92. The number of carbonyl (C=O) groups excluding carboxylic acids is 1. The predicted octanol–water partition coefficient (Wildman–Crippen LogP) is 0.748. The van der Waals surface area contributed by atoms with Crippen LogP contribution < -0.4 is 4.90 Å². The first-order valence-corrected chi connectivity index (χ1v) is 9.52. The summed E-state index contributed by atoms with van der Waals surface area (Å²) in [6, 6.07) is 3.99. The van der Waals surface area contributed by atoms with Gasteiger partial charge in [0.25, 0.3) is 5.91 Å². The molecule has 3 heterocycles. The Balaban J connectivity index is 1.34. The summed E-state index contributed by atoms with van der Waals surface area (Å²) in [5.74, 6) is 0.834. The number of carbonyl (C=O) groups is 1. The molecule has 1 aromatic rings. The fourth-order valence-electron chi connectivity index (χ4n) is 4.32. The van der Waals surface area contributed by atoms with Crippen LogP contribution in [0.15, 0.2) is 12.1 Å². The minimum Gasteiger partial charge on any atom is -0.391 e. The summed E-state index contributed by atoms with van der Waals surface area (Å²) in [7, 11) is 0. The molecule has 1 aromatic heterocycles. The predicted molar refractivity (Wildman–Crippen MR) is 94.6 cm³/mol. The van der Waals surface area contributed by atoms with Crippen molar-refractivity contribution in [3.8, 4) is 0 Å². The van der Waals surface area contributed by atoms with Crippen molar-refractivity contribution in [2.75, 3.05) is 44.2 Å². The van der Waals surface area contributed by atoms with Crippen LogP contribution in [0.1, 0.15) is 42.6 Å². The van der Waals surface area contributed by atoms with E-state index in [1.807, 2.05) is 11.0 Å². The third kappa shape index (κ3) is 3.48. The molecule has 3 aliphatic rings. The first-order chi connectivity index (χ1) is 12.2. The zero-order valence-corrected chi connectivity index (χ0v) is 14.7. The number of hydrogen-bond acceptors (Lipinski definition) is 6. The molecule has 0 unspecified atom stereocenters. The molecular formula is C18H27N5O2. The Morgan fingerprint density at radius 1 is 0.960 bits per heavy atom. The molecule has 2 aliphatic heterocycles. The lowest BCUT2D eigenvalue weighted by atomic mass is 10.1. The van der Waals surface area contributed by atoms with Gasteiger partial charge in [-0.1, -0.05) is 0 Å². The zero-order chi connectivity index (χ0) is 17.2. The highest BCUT2D eigenvalue weighted by Crippen LogP contribution is 2.25. The quantitative estimate of drug-likeness (QED) is 0.871. The van der Waals surface area contributed by atoms with Crippen molar-refractivity contribution in [2.45, 2.75) is 44.2 Å². The molecule has 0 bridgehead atoms. The van der Waals surface area contributed by atoms with Crippen molar-refractivity contribution < 1.29 is 9.90 Å². The third-order valence-electron chi connectivity index (χ3n) is 5.81. The van der Waals surface area contributed by atoms with Gasteiger partial charge in [0.1, 0.15) is 0 Å². The van der Waals surface area contributed by atoms with E-state index in [0.717, 1.165) is 51.3 Å². The number of piperazine rings is 1. The molecule has 4 rings (SSSR count). The van der Waals surface area contributed by atoms with Crippen molar-refractivity contribution in [1.82, 2.24) is 20.0 Å². The Bertz CT molecular complexity index is 594. The molecule has 1 aliphatic carbocycles. The second kappa shape index (κ2) is 7.25. The van der Waals surface area contributed by atoms with Gasteiger partial charge in [-0.25, -0.2) is 0 Å². The van der Waals surface area contributed by atoms with E-state index in [0.29, 0.717) is 18.8 Å².